The van der Waals surface area contributed by atoms with Crippen LogP contribution in [-0.4, -0.2) is 64.0 Å². The van der Waals surface area contributed by atoms with E-state index in [4.69, 9.17) is 15.2 Å². The molecule has 3 atom stereocenters. The molecular weight excluding hydrogens is 600 g/mol. The Morgan fingerprint density at radius 1 is 0.915 bits per heavy atom. The molecule has 0 radical (unpaired) electrons. The van der Waals surface area contributed by atoms with Crippen molar-refractivity contribution in [3.8, 4) is 0 Å². The van der Waals surface area contributed by atoms with Crippen molar-refractivity contribution >= 4 is 35.9 Å². The van der Waals surface area contributed by atoms with Crippen LogP contribution in [0.4, 0.5) is 4.79 Å². The highest BCUT2D eigenvalue weighted by molar-refractivity contribution is 5.96. The molecule has 254 valence electrons. The third kappa shape index (κ3) is 11.3. The van der Waals surface area contributed by atoms with E-state index in [0.717, 1.165) is 12.0 Å². The van der Waals surface area contributed by atoms with Crippen molar-refractivity contribution in [2.45, 2.75) is 109 Å². The van der Waals surface area contributed by atoms with Crippen LogP contribution in [0.25, 0.3) is 6.08 Å². The van der Waals surface area contributed by atoms with Crippen LogP contribution in [0, 0.1) is 0 Å². The number of hydrogen-bond donors (Lipinski definition) is 3. The molecule has 3 unspecified atom stereocenters. The first kappa shape index (κ1) is 36.8. The molecule has 1 fully saturated rings. The number of nitrogens with one attached hydrogen (secondary N) is 2. The van der Waals surface area contributed by atoms with Crippen molar-refractivity contribution < 1.29 is 33.4 Å². The van der Waals surface area contributed by atoms with Gasteiger partial charge < -0.3 is 30.7 Å². The van der Waals surface area contributed by atoms with Crippen molar-refractivity contribution in [3.05, 3.63) is 77.9 Å². The Morgan fingerprint density at radius 2 is 1.55 bits per heavy atom. The van der Waals surface area contributed by atoms with E-state index in [1.165, 1.54) is 4.90 Å². The fourth-order valence-corrected chi connectivity index (χ4v) is 5.17. The molecule has 0 aromatic heterocycles. The molecule has 1 aliphatic carbocycles. The molecule has 4 N–H and O–H groups in total. The van der Waals surface area contributed by atoms with E-state index < -0.39 is 71.6 Å². The van der Waals surface area contributed by atoms with E-state index in [0.29, 0.717) is 24.0 Å². The predicted molar refractivity (Wildman–Crippen MR) is 179 cm³/mol. The Morgan fingerprint density at radius 3 is 2.09 bits per heavy atom. The first-order valence-corrected chi connectivity index (χ1v) is 15.9. The second kappa shape index (κ2) is 15.8. The molecule has 2 aromatic carbocycles. The Labute approximate surface area is 277 Å². The highest BCUT2D eigenvalue weighted by Crippen LogP contribution is 2.34. The van der Waals surface area contributed by atoms with Crippen LogP contribution >= 0.6 is 0 Å². The van der Waals surface area contributed by atoms with Gasteiger partial charge in [-0.25, -0.2) is 9.59 Å². The summed E-state index contributed by atoms with van der Waals surface area (Å²) in [6.45, 7) is 14.1. The van der Waals surface area contributed by atoms with Crippen LogP contribution in [0.1, 0.15) is 90.0 Å². The minimum atomic E-state index is -1.41. The molecule has 11 heteroatoms. The summed E-state index contributed by atoms with van der Waals surface area (Å²) >= 11 is 0. The number of ether oxygens (including phenoxy) is 2. The Kier molecular flexibility index (Phi) is 12.3. The van der Waals surface area contributed by atoms with Gasteiger partial charge >= 0.3 is 12.1 Å². The normalized spacial score (nSPS) is 15.2. The van der Waals surface area contributed by atoms with Gasteiger partial charge in [-0.05, 0) is 83.6 Å². The number of amides is 4. The molecule has 0 heterocycles. The van der Waals surface area contributed by atoms with Crippen LogP contribution in [0.15, 0.2) is 61.2 Å². The standard InChI is InChI=1S/C36H48N4O7/c1-8-23-16-12-17-25(20-23)30(31(42)38-28(33(44)46-35(2,3)4)21-24-14-10-9-11-15-24)40(26-18-13-19-26)32(43)27(22-29(37)41)39-34(45)47-36(5,6)7/h8-12,14-17,20,26-28,30H,1,13,18-19,21-22H2,2-7H3,(H2,37,41)(H,38,42)(H,39,45). The van der Waals surface area contributed by atoms with Crippen LogP contribution in [0.3, 0.4) is 0 Å². The molecule has 0 spiro atoms. The maximum Gasteiger partial charge on any atom is 0.408 e. The van der Waals surface area contributed by atoms with Crippen LogP contribution in [0.2, 0.25) is 0 Å². The molecule has 3 rings (SSSR count). The van der Waals surface area contributed by atoms with E-state index in [9.17, 15) is 24.0 Å². The fourth-order valence-electron chi connectivity index (χ4n) is 5.17. The fraction of sp³-hybridized carbons (Fsp3) is 0.472. The highest BCUT2D eigenvalue weighted by atomic mass is 16.6. The molecule has 1 saturated carbocycles. The van der Waals surface area contributed by atoms with Gasteiger partial charge in [0.2, 0.25) is 17.7 Å². The second-order valence-corrected chi connectivity index (χ2v) is 13.8. The first-order valence-electron chi connectivity index (χ1n) is 15.9. The number of alkyl carbamates (subject to hydrolysis) is 1. The zero-order valence-corrected chi connectivity index (χ0v) is 28.2. The third-order valence-corrected chi connectivity index (χ3v) is 7.40. The van der Waals surface area contributed by atoms with Crippen molar-refractivity contribution in [3.63, 3.8) is 0 Å². The molecule has 2 aromatic rings. The highest BCUT2D eigenvalue weighted by Gasteiger charge is 2.43. The monoisotopic (exact) mass is 648 g/mol. The lowest BCUT2D eigenvalue weighted by Gasteiger charge is -2.43. The summed E-state index contributed by atoms with van der Waals surface area (Å²) < 4.78 is 11.1. The molecule has 1 aliphatic rings. The van der Waals surface area contributed by atoms with Crippen molar-refractivity contribution in [1.82, 2.24) is 15.5 Å². The van der Waals surface area contributed by atoms with Gasteiger partial charge in [0.1, 0.15) is 29.3 Å². The lowest BCUT2D eigenvalue weighted by Crippen LogP contribution is -2.59. The van der Waals surface area contributed by atoms with Crippen molar-refractivity contribution in [2.24, 2.45) is 5.73 Å². The van der Waals surface area contributed by atoms with Crippen molar-refractivity contribution in [1.29, 1.82) is 0 Å². The zero-order valence-electron chi connectivity index (χ0n) is 28.2. The average molecular weight is 649 g/mol. The summed E-state index contributed by atoms with van der Waals surface area (Å²) in [5, 5.41) is 5.38. The minimum Gasteiger partial charge on any atom is -0.458 e. The molecule has 4 amide bonds. The van der Waals surface area contributed by atoms with Crippen molar-refractivity contribution in [2.75, 3.05) is 0 Å². The number of nitrogens with zero attached hydrogens (tertiary/aromatic N) is 1. The predicted octanol–water partition coefficient (Wildman–Crippen LogP) is 4.59. The lowest BCUT2D eigenvalue weighted by atomic mass is 9.87. The van der Waals surface area contributed by atoms with Gasteiger partial charge in [-0.3, -0.25) is 14.4 Å². The maximum absolute atomic E-state index is 14.5. The number of benzene rings is 2. The largest absolute Gasteiger partial charge is 0.458 e. The summed E-state index contributed by atoms with van der Waals surface area (Å²) in [4.78, 5) is 68.8. The minimum absolute atomic E-state index is 0.142. The van der Waals surface area contributed by atoms with E-state index in [2.05, 4.69) is 17.2 Å². The van der Waals surface area contributed by atoms with Gasteiger partial charge in [0.25, 0.3) is 0 Å². The summed E-state index contributed by atoms with van der Waals surface area (Å²) in [7, 11) is 0. The van der Waals surface area contributed by atoms with Crippen LogP contribution in [0.5, 0.6) is 0 Å². The van der Waals surface area contributed by atoms with E-state index in [1.807, 2.05) is 30.3 Å². The smallest absolute Gasteiger partial charge is 0.408 e. The number of rotatable bonds is 13. The van der Waals surface area contributed by atoms with Gasteiger partial charge in [0, 0.05) is 12.5 Å². The lowest BCUT2D eigenvalue weighted by molar-refractivity contribution is -0.159. The summed E-state index contributed by atoms with van der Waals surface area (Å²) in [6, 6.07) is 12.1. The van der Waals surface area contributed by atoms with E-state index >= 15 is 0 Å². The SMILES string of the molecule is C=Cc1cccc(C(C(=O)NC(Cc2ccccc2)C(=O)OC(C)(C)C)N(C(=O)C(CC(N)=O)NC(=O)OC(C)(C)C)C2CCC2)c1. The molecule has 11 nitrogen and oxygen atoms in total. The van der Waals surface area contributed by atoms with Gasteiger partial charge in [-0.2, -0.15) is 0 Å². The van der Waals surface area contributed by atoms with E-state index in [-0.39, 0.29) is 6.42 Å². The van der Waals surface area contributed by atoms with Crippen LogP contribution in [-0.2, 0) is 35.1 Å². The van der Waals surface area contributed by atoms with Gasteiger partial charge in [-0.1, -0.05) is 61.2 Å². The van der Waals surface area contributed by atoms with E-state index in [1.54, 1.807) is 71.9 Å². The Hall–Kier alpha value is -4.67. The summed E-state index contributed by atoms with van der Waals surface area (Å²) in [5.41, 5.74) is 5.78. The van der Waals surface area contributed by atoms with Crippen LogP contribution < -0.4 is 16.4 Å². The number of primary amides is 1. The first-order chi connectivity index (χ1) is 22.0. The molecule has 0 aliphatic heterocycles. The number of nitrogens with two attached hydrogens (primary N) is 1. The number of hydrogen-bond acceptors (Lipinski definition) is 7. The maximum atomic E-state index is 14.5. The number of carbonyl (C=O) groups is 5. The summed E-state index contributed by atoms with van der Waals surface area (Å²) in [6.07, 6.45) is 2.32. The zero-order chi connectivity index (χ0) is 34.9. The van der Waals surface area contributed by atoms with Gasteiger partial charge in [0.15, 0.2) is 0 Å². The molecule has 47 heavy (non-hydrogen) atoms. The third-order valence-electron chi connectivity index (χ3n) is 7.40. The topological polar surface area (TPSA) is 157 Å². The average Bonchev–Trinajstić information content (AvgIpc) is 2.93. The van der Waals surface area contributed by atoms with Gasteiger partial charge in [0.05, 0.1) is 6.42 Å². The summed E-state index contributed by atoms with van der Waals surface area (Å²) in [5.74, 6) is -2.77. The molecular formula is C36H48N4O7. The molecule has 0 bridgehead atoms. The molecule has 0 saturated heterocycles. The quantitative estimate of drug-likeness (QED) is 0.268. The Bertz CT molecular complexity index is 1440. The van der Waals surface area contributed by atoms with Gasteiger partial charge in [-0.15, -0.1) is 0 Å². The number of carbonyl (C=O) groups excluding carboxylic acids is 5. The Balaban J connectivity index is 2.09. The second-order valence-electron chi connectivity index (χ2n) is 13.8. The number of esters is 1.